The van der Waals surface area contributed by atoms with E-state index in [0.717, 1.165) is 0 Å². The number of hydrogen-bond donors (Lipinski definition) is 0. The van der Waals surface area contributed by atoms with E-state index in [9.17, 15) is 4.57 Å². The molecule has 0 N–H and O–H groups in total. The molecule has 0 spiro atoms. The second-order valence-electron chi connectivity index (χ2n) is 4.69. The second-order valence-corrected chi connectivity index (χ2v) is 9.47. The van der Waals surface area contributed by atoms with Crippen molar-refractivity contribution < 1.29 is 24.0 Å². The minimum absolute atomic E-state index is 0.0549. The molecule has 1 saturated heterocycles. The molecule has 0 amide bonds. The molecule has 7 heteroatoms. The molecule has 5 nitrogen and oxygen atoms in total. The van der Waals surface area contributed by atoms with Crippen molar-refractivity contribution in [3.8, 4) is 0 Å². The first-order valence-electron chi connectivity index (χ1n) is 7.80. The van der Waals surface area contributed by atoms with E-state index in [0.29, 0.717) is 25.8 Å². The van der Waals surface area contributed by atoms with Gasteiger partial charge in [-0.25, -0.2) is 0 Å². The fraction of sp³-hybridized carbons (Fsp3) is 1.00. The lowest BCUT2D eigenvalue weighted by Crippen LogP contribution is -2.38. The van der Waals surface area contributed by atoms with Crippen LogP contribution in [0.4, 0.5) is 0 Å². The van der Waals surface area contributed by atoms with Gasteiger partial charge in [0, 0.05) is 19.6 Å². The molecule has 1 fully saturated rings. The Labute approximate surface area is 126 Å². The van der Waals surface area contributed by atoms with E-state index in [1.165, 1.54) is 0 Å². The van der Waals surface area contributed by atoms with Crippen LogP contribution in [0.2, 0.25) is 13.1 Å². The molecule has 0 aliphatic carbocycles. The van der Waals surface area contributed by atoms with Crippen LogP contribution in [-0.4, -0.2) is 47.7 Å². The Morgan fingerprint density at radius 1 is 1.45 bits per heavy atom. The zero-order valence-corrected chi connectivity index (χ0v) is 15.4. The van der Waals surface area contributed by atoms with Gasteiger partial charge >= 0.3 is 16.6 Å². The molecule has 1 aliphatic heterocycles. The van der Waals surface area contributed by atoms with E-state index < -0.39 is 23.2 Å². The predicted octanol–water partition coefficient (Wildman–Crippen LogP) is 3.56. The lowest BCUT2D eigenvalue weighted by atomic mass is 10.1. The third-order valence-corrected chi connectivity index (χ3v) is 6.10. The molecule has 1 rings (SSSR count). The van der Waals surface area contributed by atoms with Gasteiger partial charge in [-0.2, -0.15) is 0 Å². The first kappa shape index (κ1) is 18.2. The molecule has 0 bridgehead atoms. The minimum atomic E-state index is -2.10. The van der Waals surface area contributed by atoms with E-state index in [1.54, 1.807) is 7.11 Å². The van der Waals surface area contributed by atoms with Crippen molar-refractivity contribution in [3.05, 3.63) is 0 Å². The van der Waals surface area contributed by atoms with Gasteiger partial charge in [0.2, 0.25) is 0 Å². The highest BCUT2D eigenvalue weighted by Gasteiger charge is 2.37. The average Bonchev–Trinajstić information content (AvgIpc) is 2.79. The van der Waals surface area contributed by atoms with Crippen molar-refractivity contribution in [2.45, 2.75) is 46.4 Å². The van der Waals surface area contributed by atoms with E-state index in [2.05, 4.69) is 0 Å². The highest BCUT2D eigenvalue weighted by atomic mass is 31.1. The maximum absolute atomic E-state index is 11.7. The summed E-state index contributed by atoms with van der Waals surface area (Å²) in [6.45, 7) is 10.0. The van der Waals surface area contributed by atoms with E-state index in [1.807, 2.05) is 33.9 Å². The molecular weight excluding hydrogens is 295 g/mol. The summed E-state index contributed by atoms with van der Waals surface area (Å²) in [6, 6.07) is 0. The molecular formula is C13H30O5PSi+. The van der Waals surface area contributed by atoms with Crippen LogP contribution in [0.5, 0.6) is 0 Å². The normalized spacial score (nSPS) is 27.6. The minimum Gasteiger partial charge on any atom is -0.398 e. The monoisotopic (exact) mass is 327 g/mol. The van der Waals surface area contributed by atoms with Gasteiger partial charge in [-0.3, -0.25) is 0 Å². The van der Waals surface area contributed by atoms with Gasteiger partial charge in [0.25, 0.3) is 0 Å². The predicted molar refractivity (Wildman–Crippen MR) is 83.7 cm³/mol. The van der Waals surface area contributed by atoms with Crippen molar-refractivity contribution >= 4 is 16.6 Å². The zero-order chi connectivity index (χ0) is 16.5. The maximum Gasteiger partial charge on any atom is 0.508 e. The van der Waals surface area contributed by atoms with Crippen LogP contribution in [0, 0.1) is 5.92 Å². The zero-order valence-electron chi connectivity index (χ0n) is 14.5. The van der Waals surface area contributed by atoms with Crippen molar-refractivity contribution in [1.29, 1.82) is 0 Å². The summed E-state index contributed by atoms with van der Waals surface area (Å²) >= 11 is 0. The molecule has 0 radical (unpaired) electrons. The second kappa shape index (κ2) is 10.8. The summed E-state index contributed by atoms with van der Waals surface area (Å²) in [6.07, 6.45) is 0.822. The van der Waals surface area contributed by atoms with E-state index in [4.69, 9.17) is 19.5 Å². The molecule has 120 valence electrons. The van der Waals surface area contributed by atoms with Crippen molar-refractivity contribution in [2.75, 3.05) is 33.1 Å². The number of rotatable bonds is 8. The third-order valence-electron chi connectivity index (χ3n) is 2.94. The summed E-state index contributed by atoms with van der Waals surface area (Å²) in [5.74, 6) is 0.0549. The third kappa shape index (κ3) is 7.81. The number of hydrogen-bond acceptors (Lipinski definition) is 5. The van der Waals surface area contributed by atoms with Gasteiger partial charge in [0.05, 0.1) is 20.7 Å². The fourth-order valence-electron chi connectivity index (χ4n) is 1.66. The van der Waals surface area contributed by atoms with E-state index >= 15 is 0 Å². The Morgan fingerprint density at radius 3 is 2.65 bits per heavy atom. The standard InChI is InChI=1S/C11H24O5PSi.C2H6/c1-5-15-17(12)9-10-6-7-14-11(10)8-16-18(3,4)13-2;1-2/h10-11H,5-9H2,1-4H3;1-2H3/q+1;/t10-,11-;/m1./s1/i7T;/t7-,10-,11-;. The first-order chi connectivity index (χ1) is 9.88. The van der Waals surface area contributed by atoms with Crippen LogP contribution < -0.4 is 0 Å². The largest absolute Gasteiger partial charge is 0.508 e. The summed E-state index contributed by atoms with van der Waals surface area (Å²) in [5, 5.41) is 0. The molecule has 1 unspecified atom stereocenters. The van der Waals surface area contributed by atoms with Gasteiger partial charge in [0.1, 0.15) is 0 Å². The lowest BCUT2D eigenvalue weighted by molar-refractivity contribution is 0.0392. The summed E-state index contributed by atoms with van der Waals surface area (Å²) in [5.41, 5.74) is 0. The molecule has 1 heterocycles. The van der Waals surface area contributed by atoms with Crippen molar-refractivity contribution in [3.63, 3.8) is 0 Å². The SMILES string of the molecule is CC.[3H][C@@H]1C[C@H](C[P+](=O)OCC)[C@@H](CO[Si](C)(C)OC)O1. The highest BCUT2D eigenvalue weighted by Crippen LogP contribution is 2.33. The Kier molecular flexibility index (Phi) is 9.85. The van der Waals surface area contributed by atoms with Crippen molar-refractivity contribution in [2.24, 2.45) is 5.92 Å². The van der Waals surface area contributed by atoms with Crippen molar-refractivity contribution in [1.82, 2.24) is 0 Å². The van der Waals surface area contributed by atoms with Gasteiger partial charge < -0.3 is 13.6 Å². The summed E-state index contributed by atoms with van der Waals surface area (Å²) in [4.78, 5) is 0. The fourth-order valence-corrected chi connectivity index (χ4v) is 3.51. The molecule has 20 heavy (non-hydrogen) atoms. The Balaban J connectivity index is 0.00000191. The Bertz CT molecular complexity index is 306. The molecule has 0 saturated carbocycles. The van der Waals surface area contributed by atoms with Crippen LogP contribution in [0.25, 0.3) is 0 Å². The smallest absolute Gasteiger partial charge is 0.398 e. The molecule has 0 aromatic heterocycles. The maximum atomic E-state index is 11.7. The van der Waals surface area contributed by atoms with Gasteiger partial charge in [-0.1, -0.05) is 13.8 Å². The van der Waals surface area contributed by atoms with Gasteiger partial charge in [0.15, 0.2) is 6.16 Å². The summed E-state index contributed by atoms with van der Waals surface area (Å²) in [7, 11) is -2.13. The lowest BCUT2D eigenvalue weighted by Gasteiger charge is -2.23. The highest BCUT2D eigenvalue weighted by molar-refractivity contribution is 7.39. The van der Waals surface area contributed by atoms with Gasteiger partial charge in [-0.15, -0.1) is 4.52 Å². The molecule has 0 aromatic carbocycles. The topological polar surface area (TPSA) is 54.0 Å². The summed E-state index contributed by atoms with van der Waals surface area (Å²) < 4.78 is 41.0. The molecule has 0 aromatic rings. The molecule has 4 atom stereocenters. The Morgan fingerprint density at radius 2 is 2.10 bits per heavy atom. The quantitative estimate of drug-likeness (QED) is 0.504. The van der Waals surface area contributed by atoms with E-state index in [-0.39, 0.29) is 12.0 Å². The Hall–Kier alpha value is 0.157. The van der Waals surface area contributed by atoms with Gasteiger partial charge in [-0.05, 0) is 31.0 Å². The first-order valence-corrected chi connectivity index (χ1v) is 11.4. The number of ether oxygens (including phenoxy) is 1. The molecule has 1 aliphatic rings. The van der Waals surface area contributed by atoms with Crippen LogP contribution in [0.15, 0.2) is 0 Å². The average molecular weight is 327 g/mol. The van der Waals surface area contributed by atoms with Crippen LogP contribution in [0.3, 0.4) is 0 Å². The van der Waals surface area contributed by atoms with Crippen LogP contribution >= 0.6 is 8.03 Å². The van der Waals surface area contributed by atoms with Crippen LogP contribution in [0.1, 0.15) is 28.6 Å². The van der Waals surface area contributed by atoms with Crippen LogP contribution in [-0.2, 0) is 22.7 Å².